The molecular formula is C39H24N4. The Hall–Kier alpha value is -5.87. The molecule has 4 heteroatoms. The van der Waals surface area contributed by atoms with E-state index in [9.17, 15) is 0 Å². The second-order valence-electron chi connectivity index (χ2n) is 11.3. The molecule has 6 aromatic carbocycles. The summed E-state index contributed by atoms with van der Waals surface area (Å²) in [7, 11) is 0. The number of pyridine rings is 1. The first-order valence-electron chi connectivity index (χ1n) is 14.7. The predicted molar refractivity (Wildman–Crippen MR) is 179 cm³/mol. The van der Waals surface area contributed by atoms with Gasteiger partial charge in [0.2, 0.25) is 0 Å². The number of rotatable bonds is 2. The highest BCUT2D eigenvalue weighted by Crippen LogP contribution is 2.44. The lowest BCUT2D eigenvalue weighted by Gasteiger charge is -2.11. The Morgan fingerprint density at radius 3 is 1.70 bits per heavy atom. The zero-order valence-corrected chi connectivity index (χ0v) is 23.1. The maximum Gasteiger partial charge on any atom is 0.145 e. The van der Waals surface area contributed by atoms with Crippen LogP contribution < -0.4 is 0 Å². The van der Waals surface area contributed by atoms with Crippen molar-refractivity contribution < 1.29 is 0 Å². The Balaban J connectivity index is 1.49. The van der Waals surface area contributed by atoms with Crippen molar-refractivity contribution in [1.82, 2.24) is 18.5 Å². The van der Waals surface area contributed by atoms with Crippen LogP contribution in [0, 0.1) is 0 Å². The van der Waals surface area contributed by atoms with Gasteiger partial charge in [0.1, 0.15) is 5.65 Å². The molecule has 0 unspecified atom stereocenters. The topological polar surface area (TPSA) is 27.2 Å². The van der Waals surface area contributed by atoms with Crippen LogP contribution in [0.1, 0.15) is 0 Å². The molecule has 0 saturated carbocycles. The van der Waals surface area contributed by atoms with Crippen LogP contribution in [-0.2, 0) is 0 Å². The fraction of sp³-hybridized carbons (Fsp3) is 0. The minimum atomic E-state index is 0.984. The number of nitrogens with zero attached hydrogens (tertiary/aromatic N) is 4. The van der Waals surface area contributed by atoms with Gasteiger partial charge in [0.15, 0.2) is 0 Å². The van der Waals surface area contributed by atoms with Crippen molar-refractivity contribution in [2.75, 3.05) is 0 Å². The normalized spacial score (nSPS) is 12.2. The molecule has 0 atom stereocenters. The van der Waals surface area contributed by atoms with Crippen LogP contribution in [0.25, 0.3) is 82.3 Å². The molecule has 0 fully saturated rings. The Labute approximate surface area is 246 Å². The highest BCUT2D eigenvalue weighted by atomic mass is 15.0. The van der Waals surface area contributed by atoms with E-state index in [1.165, 1.54) is 60.1 Å². The van der Waals surface area contributed by atoms with Crippen molar-refractivity contribution in [2.24, 2.45) is 0 Å². The zero-order valence-electron chi connectivity index (χ0n) is 23.1. The lowest BCUT2D eigenvalue weighted by atomic mass is 10.0. The molecule has 10 rings (SSSR count). The first kappa shape index (κ1) is 22.8. The summed E-state index contributed by atoms with van der Waals surface area (Å²) in [6.45, 7) is 0. The highest BCUT2D eigenvalue weighted by molar-refractivity contribution is 6.30. The SMILES string of the molecule is c1ccc(-n2c3ccccc3c3c4c5cc6c7ccccc7c7nccn7c6cc5n(-c5ccccc5)c4ccc32)cc1. The summed E-state index contributed by atoms with van der Waals surface area (Å²) in [5.41, 5.74) is 9.26. The molecule has 10 aromatic rings. The maximum absolute atomic E-state index is 4.76. The van der Waals surface area contributed by atoms with Crippen molar-refractivity contribution in [3.63, 3.8) is 0 Å². The van der Waals surface area contributed by atoms with Gasteiger partial charge in [-0.1, -0.05) is 78.9 Å². The van der Waals surface area contributed by atoms with Crippen molar-refractivity contribution in [2.45, 2.75) is 0 Å². The van der Waals surface area contributed by atoms with Crippen LogP contribution in [0.3, 0.4) is 0 Å². The smallest absolute Gasteiger partial charge is 0.145 e. The minimum absolute atomic E-state index is 0.984. The molecule has 0 spiro atoms. The minimum Gasteiger partial charge on any atom is -0.309 e. The second-order valence-corrected chi connectivity index (χ2v) is 11.3. The van der Waals surface area contributed by atoms with E-state index >= 15 is 0 Å². The number of imidazole rings is 1. The van der Waals surface area contributed by atoms with E-state index in [1.807, 2.05) is 6.20 Å². The molecule has 4 nitrogen and oxygen atoms in total. The van der Waals surface area contributed by atoms with Gasteiger partial charge >= 0.3 is 0 Å². The largest absolute Gasteiger partial charge is 0.309 e. The number of benzene rings is 6. The molecule has 4 heterocycles. The van der Waals surface area contributed by atoms with Gasteiger partial charge in [0.25, 0.3) is 0 Å². The van der Waals surface area contributed by atoms with Crippen LogP contribution in [-0.4, -0.2) is 18.5 Å². The van der Waals surface area contributed by atoms with Crippen molar-refractivity contribution in [3.05, 3.63) is 146 Å². The number of para-hydroxylation sites is 3. The highest BCUT2D eigenvalue weighted by Gasteiger charge is 2.22. The number of hydrogen-bond donors (Lipinski definition) is 0. The number of hydrogen-bond acceptors (Lipinski definition) is 1. The monoisotopic (exact) mass is 548 g/mol. The summed E-state index contributed by atoms with van der Waals surface area (Å²) in [4.78, 5) is 4.76. The second kappa shape index (κ2) is 8.34. The van der Waals surface area contributed by atoms with Gasteiger partial charge in [-0.2, -0.15) is 0 Å². The first-order valence-corrected chi connectivity index (χ1v) is 14.7. The first-order chi connectivity index (χ1) is 21.4. The molecule has 0 aliphatic heterocycles. The van der Waals surface area contributed by atoms with E-state index in [1.54, 1.807) is 0 Å². The third-order valence-corrected chi connectivity index (χ3v) is 9.07. The summed E-state index contributed by atoms with van der Waals surface area (Å²) in [5, 5.41) is 8.67. The predicted octanol–water partition coefficient (Wildman–Crippen LogP) is 9.83. The molecular weight excluding hydrogens is 524 g/mol. The Kier molecular flexibility index (Phi) is 4.42. The van der Waals surface area contributed by atoms with E-state index < -0.39 is 0 Å². The molecule has 0 amide bonds. The summed E-state index contributed by atoms with van der Waals surface area (Å²) >= 11 is 0. The van der Waals surface area contributed by atoms with Crippen LogP contribution in [0.4, 0.5) is 0 Å². The lowest BCUT2D eigenvalue weighted by molar-refractivity contribution is 1.17. The molecule has 0 bridgehead atoms. The summed E-state index contributed by atoms with van der Waals surface area (Å²) < 4.78 is 7.07. The van der Waals surface area contributed by atoms with E-state index in [2.05, 4.69) is 153 Å². The molecule has 0 N–H and O–H groups in total. The summed E-state index contributed by atoms with van der Waals surface area (Å²) in [6.07, 6.45) is 3.98. The van der Waals surface area contributed by atoms with Gasteiger partial charge in [-0.05, 0) is 60.0 Å². The molecule has 0 radical (unpaired) electrons. The lowest BCUT2D eigenvalue weighted by Crippen LogP contribution is -1.95. The van der Waals surface area contributed by atoms with E-state index in [0.29, 0.717) is 0 Å². The molecule has 0 aliphatic carbocycles. The van der Waals surface area contributed by atoms with Crippen molar-refractivity contribution in [1.29, 1.82) is 0 Å². The van der Waals surface area contributed by atoms with Crippen LogP contribution in [0.2, 0.25) is 0 Å². The average molecular weight is 549 g/mol. The maximum atomic E-state index is 4.76. The molecule has 0 saturated heterocycles. The number of aromatic nitrogens is 4. The summed E-state index contributed by atoms with van der Waals surface area (Å²) in [6, 6.07) is 48.3. The van der Waals surface area contributed by atoms with E-state index in [-0.39, 0.29) is 0 Å². The fourth-order valence-corrected chi connectivity index (χ4v) is 7.34. The van der Waals surface area contributed by atoms with Gasteiger partial charge in [-0.3, -0.25) is 4.40 Å². The van der Waals surface area contributed by atoms with Gasteiger partial charge in [-0.15, -0.1) is 0 Å². The number of fused-ring (bicyclic) bond motifs is 13. The van der Waals surface area contributed by atoms with Crippen LogP contribution >= 0.6 is 0 Å². The molecule has 0 aliphatic rings. The van der Waals surface area contributed by atoms with E-state index in [4.69, 9.17) is 4.98 Å². The van der Waals surface area contributed by atoms with Gasteiger partial charge < -0.3 is 9.13 Å². The van der Waals surface area contributed by atoms with Crippen molar-refractivity contribution in [3.8, 4) is 11.4 Å². The molecule has 200 valence electrons. The van der Waals surface area contributed by atoms with Crippen LogP contribution in [0.15, 0.2) is 146 Å². The van der Waals surface area contributed by atoms with Gasteiger partial charge in [0.05, 0.1) is 27.6 Å². The zero-order chi connectivity index (χ0) is 28.1. The standard InChI is InChI=1S/C39H24N4/c1-3-11-25(12-4-1)42-32-18-10-9-17-29(32)37-33(42)19-20-34-38(37)31-23-30-27-15-7-8-16-28(27)39-40-21-22-41(39)35(30)24-36(31)43(34)26-13-5-2-6-14-26/h1-24H. The Morgan fingerprint density at radius 2 is 0.977 bits per heavy atom. The third-order valence-electron chi connectivity index (χ3n) is 9.07. The van der Waals surface area contributed by atoms with Gasteiger partial charge in [0, 0.05) is 56.1 Å². The third kappa shape index (κ3) is 2.97. The molecule has 43 heavy (non-hydrogen) atoms. The Morgan fingerprint density at radius 1 is 0.395 bits per heavy atom. The Bertz CT molecular complexity index is 2710. The van der Waals surface area contributed by atoms with Crippen molar-refractivity contribution >= 4 is 70.9 Å². The van der Waals surface area contributed by atoms with Crippen LogP contribution in [0.5, 0.6) is 0 Å². The van der Waals surface area contributed by atoms with E-state index in [0.717, 1.165) is 22.2 Å². The fourth-order valence-electron chi connectivity index (χ4n) is 7.34. The quantitative estimate of drug-likeness (QED) is 0.198. The summed E-state index contributed by atoms with van der Waals surface area (Å²) in [5.74, 6) is 0. The molecule has 4 aromatic heterocycles. The van der Waals surface area contributed by atoms with Gasteiger partial charge in [-0.25, -0.2) is 4.98 Å². The average Bonchev–Trinajstić information content (AvgIpc) is 3.78.